The molecule has 0 saturated carbocycles. The van der Waals surface area contributed by atoms with E-state index in [1.165, 1.54) is 11.1 Å². The van der Waals surface area contributed by atoms with Crippen molar-refractivity contribution in [2.75, 3.05) is 6.54 Å². The van der Waals surface area contributed by atoms with Gasteiger partial charge in [0.25, 0.3) is 0 Å². The second-order valence-electron chi connectivity index (χ2n) is 5.51. The van der Waals surface area contributed by atoms with Crippen molar-refractivity contribution in [1.29, 1.82) is 0 Å². The molecule has 0 atom stereocenters. The van der Waals surface area contributed by atoms with Crippen LogP contribution in [0.4, 0.5) is 0 Å². The number of benzene rings is 1. The van der Waals surface area contributed by atoms with Crippen LogP contribution in [0.1, 0.15) is 36.4 Å². The van der Waals surface area contributed by atoms with Crippen LogP contribution in [0.15, 0.2) is 34.9 Å². The quantitative estimate of drug-likeness (QED) is 0.845. The molecule has 0 amide bonds. The Bertz CT molecular complexity index is 545. The summed E-state index contributed by atoms with van der Waals surface area (Å²) in [5.41, 5.74) is 3.70. The predicted molar refractivity (Wildman–Crippen MR) is 75.0 cm³/mol. The molecule has 1 aromatic carbocycles. The first-order valence-electron chi connectivity index (χ1n) is 6.98. The molecule has 1 aromatic heterocycles. The second-order valence-corrected chi connectivity index (χ2v) is 5.51. The van der Waals surface area contributed by atoms with Gasteiger partial charge in [-0.15, -0.1) is 0 Å². The third-order valence-electron chi connectivity index (χ3n) is 3.88. The van der Waals surface area contributed by atoms with Crippen LogP contribution < -0.4 is 0 Å². The lowest BCUT2D eigenvalue weighted by Crippen LogP contribution is -2.35. The zero-order valence-electron chi connectivity index (χ0n) is 11.6. The lowest BCUT2D eigenvalue weighted by Gasteiger charge is -2.29. The van der Waals surface area contributed by atoms with E-state index in [-0.39, 0.29) is 0 Å². The molecular formula is C16H20N2O. The van der Waals surface area contributed by atoms with Gasteiger partial charge in [-0.05, 0) is 19.4 Å². The number of hydrogen-bond donors (Lipinski definition) is 0. The smallest absolute Gasteiger partial charge is 0.142 e. The fourth-order valence-electron chi connectivity index (χ4n) is 2.65. The summed E-state index contributed by atoms with van der Waals surface area (Å²) in [5.74, 6) is 1.09. The van der Waals surface area contributed by atoms with E-state index >= 15 is 0 Å². The summed E-state index contributed by atoms with van der Waals surface area (Å²) in [6.45, 7) is 6.54. The Labute approximate surface area is 114 Å². The van der Waals surface area contributed by atoms with E-state index in [1.807, 2.05) is 6.07 Å². The van der Waals surface area contributed by atoms with Crippen molar-refractivity contribution >= 4 is 0 Å². The van der Waals surface area contributed by atoms with Crippen molar-refractivity contribution < 1.29 is 4.52 Å². The van der Waals surface area contributed by atoms with Crippen LogP contribution in [-0.2, 0) is 19.4 Å². The van der Waals surface area contributed by atoms with E-state index in [0.717, 1.165) is 37.4 Å². The SMILES string of the molecule is CC(C)N1CCc2onc(Cc3ccccc3)c2C1. The molecule has 1 aliphatic rings. The summed E-state index contributed by atoms with van der Waals surface area (Å²) in [7, 11) is 0. The van der Waals surface area contributed by atoms with E-state index in [4.69, 9.17) is 4.52 Å². The maximum atomic E-state index is 5.51. The lowest BCUT2D eigenvalue weighted by molar-refractivity contribution is 0.192. The van der Waals surface area contributed by atoms with Crippen molar-refractivity contribution in [3.63, 3.8) is 0 Å². The molecular weight excluding hydrogens is 236 g/mol. The molecule has 1 aliphatic heterocycles. The standard InChI is InChI=1S/C16H20N2O/c1-12(2)18-9-8-16-14(11-18)15(17-19-16)10-13-6-4-3-5-7-13/h3-7,12H,8-11H2,1-2H3. The van der Waals surface area contributed by atoms with Gasteiger partial charge in [0, 0.05) is 37.5 Å². The molecule has 100 valence electrons. The Balaban J connectivity index is 1.83. The van der Waals surface area contributed by atoms with Gasteiger partial charge in [0.15, 0.2) is 0 Å². The molecule has 0 radical (unpaired) electrons. The molecule has 0 saturated heterocycles. The van der Waals surface area contributed by atoms with E-state index < -0.39 is 0 Å². The molecule has 3 rings (SSSR count). The average molecular weight is 256 g/mol. The summed E-state index contributed by atoms with van der Waals surface area (Å²) in [6.07, 6.45) is 1.85. The Morgan fingerprint density at radius 2 is 2.05 bits per heavy atom. The largest absolute Gasteiger partial charge is 0.361 e. The Morgan fingerprint density at radius 1 is 1.26 bits per heavy atom. The van der Waals surface area contributed by atoms with Gasteiger partial charge in [-0.1, -0.05) is 35.5 Å². The van der Waals surface area contributed by atoms with Crippen molar-refractivity contribution in [3.8, 4) is 0 Å². The number of hydrogen-bond acceptors (Lipinski definition) is 3. The fraction of sp³-hybridized carbons (Fsp3) is 0.438. The molecule has 2 aromatic rings. The minimum absolute atomic E-state index is 0.577. The third kappa shape index (κ3) is 2.56. The van der Waals surface area contributed by atoms with Crippen molar-refractivity contribution in [2.45, 2.75) is 39.3 Å². The van der Waals surface area contributed by atoms with Crippen LogP contribution in [0.5, 0.6) is 0 Å². The van der Waals surface area contributed by atoms with Crippen molar-refractivity contribution in [2.24, 2.45) is 0 Å². The molecule has 3 heteroatoms. The summed E-state index contributed by atoms with van der Waals surface area (Å²) < 4.78 is 5.51. The van der Waals surface area contributed by atoms with Gasteiger partial charge in [-0.25, -0.2) is 0 Å². The lowest BCUT2D eigenvalue weighted by atomic mass is 10.0. The topological polar surface area (TPSA) is 29.3 Å². The molecule has 0 N–H and O–H groups in total. The van der Waals surface area contributed by atoms with Gasteiger partial charge in [0.05, 0.1) is 5.69 Å². The molecule has 0 aliphatic carbocycles. The number of aromatic nitrogens is 1. The highest BCUT2D eigenvalue weighted by Gasteiger charge is 2.25. The molecule has 0 spiro atoms. The number of rotatable bonds is 3. The highest BCUT2D eigenvalue weighted by molar-refractivity contribution is 5.30. The Kier molecular flexibility index (Phi) is 3.38. The van der Waals surface area contributed by atoms with Gasteiger partial charge >= 0.3 is 0 Å². The van der Waals surface area contributed by atoms with E-state index in [1.54, 1.807) is 0 Å². The van der Waals surface area contributed by atoms with Gasteiger partial charge < -0.3 is 4.52 Å². The highest BCUT2D eigenvalue weighted by atomic mass is 16.5. The monoisotopic (exact) mass is 256 g/mol. The van der Waals surface area contributed by atoms with Gasteiger partial charge in [-0.2, -0.15) is 0 Å². The third-order valence-corrected chi connectivity index (χ3v) is 3.88. The van der Waals surface area contributed by atoms with Crippen LogP contribution in [0, 0.1) is 0 Å². The summed E-state index contributed by atoms with van der Waals surface area (Å²) in [4.78, 5) is 2.48. The van der Waals surface area contributed by atoms with Crippen LogP contribution in [0.3, 0.4) is 0 Å². The first kappa shape index (κ1) is 12.4. The van der Waals surface area contributed by atoms with Crippen molar-refractivity contribution in [3.05, 3.63) is 52.9 Å². The zero-order chi connectivity index (χ0) is 13.2. The van der Waals surface area contributed by atoms with Gasteiger partial charge in [0.1, 0.15) is 5.76 Å². The van der Waals surface area contributed by atoms with Crippen molar-refractivity contribution in [1.82, 2.24) is 10.1 Å². The normalized spacial score (nSPS) is 15.7. The molecule has 19 heavy (non-hydrogen) atoms. The first-order chi connectivity index (χ1) is 9.24. The number of nitrogens with zero attached hydrogens (tertiary/aromatic N) is 2. The van der Waals surface area contributed by atoms with Crippen LogP contribution >= 0.6 is 0 Å². The molecule has 3 nitrogen and oxygen atoms in total. The predicted octanol–water partition coefficient (Wildman–Crippen LogP) is 3.03. The van der Waals surface area contributed by atoms with Crippen LogP contribution in [0.2, 0.25) is 0 Å². The highest BCUT2D eigenvalue weighted by Crippen LogP contribution is 2.25. The summed E-state index contributed by atoms with van der Waals surface area (Å²) in [6, 6.07) is 11.0. The molecule has 0 bridgehead atoms. The van der Waals surface area contributed by atoms with Gasteiger partial charge in [0.2, 0.25) is 0 Å². The maximum Gasteiger partial charge on any atom is 0.142 e. The van der Waals surface area contributed by atoms with E-state index in [9.17, 15) is 0 Å². The Morgan fingerprint density at radius 3 is 2.79 bits per heavy atom. The minimum Gasteiger partial charge on any atom is -0.361 e. The Hall–Kier alpha value is -1.61. The number of fused-ring (bicyclic) bond motifs is 1. The average Bonchev–Trinajstić information content (AvgIpc) is 2.82. The summed E-state index contributed by atoms with van der Waals surface area (Å²) >= 11 is 0. The van der Waals surface area contributed by atoms with Crippen LogP contribution in [0.25, 0.3) is 0 Å². The van der Waals surface area contributed by atoms with E-state index in [2.05, 4.69) is 48.2 Å². The fourth-order valence-corrected chi connectivity index (χ4v) is 2.65. The van der Waals surface area contributed by atoms with Gasteiger partial charge in [-0.3, -0.25) is 4.90 Å². The zero-order valence-corrected chi connectivity index (χ0v) is 11.6. The van der Waals surface area contributed by atoms with Crippen LogP contribution in [-0.4, -0.2) is 22.6 Å². The summed E-state index contributed by atoms with van der Waals surface area (Å²) in [5, 5.41) is 4.29. The molecule has 0 unspecified atom stereocenters. The molecule has 0 fully saturated rings. The minimum atomic E-state index is 0.577. The van der Waals surface area contributed by atoms with E-state index in [0.29, 0.717) is 6.04 Å². The second kappa shape index (κ2) is 5.17. The molecule has 2 heterocycles. The first-order valence-corrected chi connectivity index (χ1v) is 6.98. The maximum absolute atomic E-state index is 5.51.